The van der Waals surface area contributed by atoms with E-state index in [1.165, 1.54) is 30.3 Å². The number of halogens is 3. The van der Waals surface area contributed by atoms with Crippen LogP contribution in [0.1, 0.15) is 15.9 Å². The highest BCUT2D eigenvalue weighted by Gasteiger charge is 2.18. The second-order valence-corrected chi connectivity index (χ2v) is 9.01. The number of rotatable bonds is 6. The standard InChI is InChI=1S/C21H15Cl3N4O2S/c1-27-18-4-2-12(6-14(18)9-26-27)11-28(20-17(24)8-15(22)10-25-20)31-19-5-3-13(21(29)30)7-16(19)23/h2-10H,11H2,1H3,(H,29,30). The van der Waals surface area contributed by atoms with Crippen LogP contribution in [0.5, 0.6) is 0 Å². The average molecular weight is 494 g/mol. The summed E-state index contributed by atoms with van der Waals surface area (Å²) in [6.07, 6.45) is 3.33. The van der Waals surface area contributed by atoms with Crippen molar-refractivity contribution in [2.24, 2.45) is 7.05 Å². The quantitative estimate of drug-likeness (QED) is 0.316. The first-order valence-corrected chi connectivity index (χ1v) is 10.9. The fraction of sp³-hybridized carbons (Fsp3) is 0.0952. The first kappa shape index (κ1) is 21.8. The lowest BCUT2D eigenvalue weighted by atomic mass is 10.1. The molecule has 0 amide bonds. The van der Waals surface area contributed by atoms with Gasteiger partial charge >= 0.3 is 5.97 Å². The first-order chi connectivity index (χ1) is 14.8. The molecule has 0 aliphatic heterocycles. The van der Waals surface area contributed by atoms with Gasteiger partial charge < -0.3 is 5.11 Å². The van der Waals surface area contributed by atoms with Gasteiger partial charge in [-0.2, -0.15) is 5.10 Å². The molecule has 158 valence electrons. The Kier molecular flexibility index (Phi) is 6.29. The molecule has 0 aliphatic rings. The van der Waals surface area contributed by atoms with Crippen molar-refractivity contribution in [1.29, 1.82) is 0 Å². The molecule has 2 aromatic carbocycles. The Hall–Kier alpha value is -2.45. The third-order valence-corrected chi connectivity index (χ3v) is 6.53. The van der Waals surface area contributed by atoms with E-state index >= 15 is 0 Å². The zero-order valence-electron chi connectivity index (χ0n) is 16.1. The van der Waals surface area contributed by atoms with Crippen molar-refractivity contribution in [2.45, 2.75) is 11.4 Å². The number of hydrogen-bond donors (Lipinski definition) is 1. The fourth-order valence-electron chi connectivity index (χ4n) is 3.05. The van der Waals surface area contributed by atoms with E-state index in [9.17, 15) is 9.90 Å². The number of carboxylic acid groups (broad SMARTS) is 1. The monoisotopic (exact) mass is 492 g/mol. The highest BCUT2D eigenvalue weighted by molar-refractivity contribution is 8.00. The molecule has 4 aromatic rings. The lowest BCUT2D eigenvalue weighted by Crippen LogP contribution is -2.16. The van der Waals surface area contributed by atoms with Crippen LogP contribution < -0.4 is 4.31 Å². The number of aromatic nitrogens is 3. The third-order valence-electron chi connectivity index (χ3n) is 4.55. The summed E-state index contributed by atoms with van der Waals surface area (Å²) in [5.74, 6) is -0.525. The van der Waals surface area contributed by atoms with E-state index in [1.54, 1.807) is 12.1 Å². The number of benzene rings is 2. The van der Waals surface area contributed by atoms with Crippen molar-refractivity contribution >= 4 is 69.4 Å². The molecule has 0 saturated carbocycles. The molecule has 2 heterocycles. The van der Waals surface area contributed by atoms with Crippen molar-refractivity contribution in [3.63, 3.8) is 0 Å². The maximum absolute atomic E-state index is 11.2. The van der Waals surface area contributed by atoms with Gasteiger partial charge in [0.2, 0.25) is 0 Å². The van der Waals surface area contributed by atoms with Crippen LogP contribution >= 0.6 is 46.8 Å². The Bertz CT molecular complexity index is 1300. The second-order valence-electron chi connectivity index (χ2n) is 6.70. The van der Waals surface area contributed by atoms with Gasteiger partial charge in [0, 0.05) is 23.5 Å². The largest absolute Gasteiger partial charge is 0.478 e. The topological polar surface area (TPSA) is 71.2 Å². The van der Waals surface area contributed by atoms with Gasteiger partial charge in [-0.1, -0.05) is 40.9 Å². The summed E-state index contributed by atoms with van der Waals surface area (Å²) in [5.41, 5.74) is 2.16. The van der Waals surface area contributed by atoms with Crippen molar-refractivity contribution in [2.75, 3.05) is 4.31 Å². The highest BCUT2D eigenvalue weighted by atomic mass is 35.5. The van der Waals surface area contributed by atoms with Gasteiger partial charge in [0.1, 0.15) is 0 Å². The molecule has 0 bridgehead atoms. The normalized spacial score (nSPS) is 11.1. The predicted octanol–water partition coefficient (Wildman–Crippen LogP) is 6.34. The number of nitrogens with zero attached hydrogens (tertiary/aromatic N) is 4. The molecular weight excluding hydrogens is 479 g/mol. The molecular formula is C21H15Cl3N4O2S. The molecule has 0 radical (unpaired) electrons. The molecule has 4 rings (SSSR count). The molecule has 0 aliphatic carbocycles. The van der Waals surface area contributed by atoms with Gasteiger partial charge in [0.15, 0.2) is 5.82 Å². The van der Waals surface area contributed by atoms with E-state index in [2.05, 4.69) is 16.1 Å². The molecule has 0 fully saturated rings. The van der Waals surface area contributed by atoms with Crippen LogP contribution in [0.4, 0.5) is 5.82 Å². The van der Waals surface area contributed by atoms with Gasteiger partial charge in [-0.25, -0.2) is 9.78 Å². The van der Waals surface area contributed by atoms with Crippen molar-refractivity contribution in [3.05, 3.63) is 81.1 Å². The van der Waals surface area contributed by atoms with Crippen LogP contribution in [0, 0.1) is 0 Å². The Morgan fingerprint density at radius 1 is 1.10 bits per heavy atom. The van der Waals surface area contributed by atoms with Crippen LogP contribution in [0.25, 0.3) is 10.9 Å². The minimum Gasteiger partial charge on any atom is -0.478 e. The van der Waals surface area contributed by atoms with E-state index in [-0.39, 0.29) is 5.56 Å². The summed E-state index contributed by atoms with van der Waals surface area (Å²) in [6.45, 7) is 0.459. The van der Waals surface area contributed by atoms with Crippen LogP contribution in [0.3, 0.4) is 0 Å². The Labute approximate surface area is 197 Å². The van der Waals surface area contributed by atoms with Crippen LogP contribution in [0.15, 0.2) is 59.8 Å². The number of fused-ring (bicyclic) bond motifs is 1. The van der Waals surface area contributed by atoms with Crippen molar-refractivity contribution in [3.8, 4) is 0 Å². The summed E-state index contributed by atoms with van der Waals surface area (Å²) in [4.78, 5) is 16.3. The Balaban J connectivity index is 1.71. The van der Waals surface area contributed by atoms with Gasteiger partial charge in [0.05, 0.1) is 38.9 Å². The van der Waals surface area contributed by atoms with E-state index in [0.717, 1.165) is 16.5 Å². The molecule has 6 nitrogen and oxygen atoms in total. The van der Waals surface area contributed by atoms with Gasteiger partial charge in [0.25, 0.3) is 0 Å². The lowest BCUT2D eigenvalue weighted by molar-refractivity contribution is 0.0697. The molecule has 2 aromatic heterocycles. The molecule has 0 atom stereocenters. The summed E-state index contributed by atoms with van der Waals surface area (Å²) >= 11 is 20.1. The zero-order chi connectivity index (χ0) is 22.1. The SMILES string of the molecule is Cn1ncc2cc(CN(Sc3ccc(C(=O)O)cc3Cl)c3ncc(Cl)cc3Cl)ccc21. The number of carbonyl (C=O) groups is 1. The minimum atomic E-state index is -1.04. The minimum absolute atomic E-state index is 0.116. The third kappa shape index (κ3) is 4.75. The van der Waals surface area contributed by atoms with Gasteiger partial charge in [-0.15, -0.1) is 0 Å². The zero-order valence-corrected chi connectivity index (χ0v) is 19.2. The smallest absolute Gasteiger partial charge is 0.335 e. The summed E-state index contributed by atoms with van der Waals surface area (Å²) in [7, 11) is 1.89. The lowest BCUT2D eigenvalue weighted by Gasteiger charge is -2.24. The van der Waals surface area contributed by atoms with Gasteiger partial charge in [-0.3, -0.25) is 8.99 Å². The van der Waals surface area contributed by atoms with E-state index in [1.807, 2.05) is 34.4 Å². The summed E-state index contributed by atoms with van der Waals surface area (Å²) < 4.78 is 3.70. The summed E-state index contributed by atoms with van der Waals surface area (Å²) in [5, 5.41) is 15.6. The molecule has 31 heavy (non-hydrogen) atoms. The molecule has 0 spiro atoms. The average Bonchev–Trinajstić information content (AvgIpc) is 3.09. The second kappa shape index (κ2) is 8.96. The van der Waals surface area contributed by atoms with Crippen LogP contribution in [-0.4, -0.2) is 25.8 Å². The maximum Gasteiger partial charge on any atom is 0.335 e. The first-order valence-electron chi connectivity index (χ1n) is 9.02. The molecule has 1 N–H and O–H groups in total. The number of aromatic carboxylic acids is 1. The predicted molar refractivity (Wildman–Crippen MR) is 125 cm³/mol. The summed E-state index contributed by atoms with van der Waals surface area (Å²) in [6, 6.07) is 12.3. The van der Waals surface area contributed by atoms with Crippen LogP contribution in [0.2, 0.25) is 15.1 Å². The van der Waals surface area contributed by atoms with E-state index in [0.29, 0.717) is 32.3 Å². The maximum atomic E-state index is 11.2. The van der Waals surface area contributed by atoms with Crippen molar-refractivity contribution < 1.29 is 9.90 Å². The number of aryl methyl sites for hydroxylation is 1. The number of hydrogen-bond acceptors (Lipinski definition) is 5. The van der Waals surface area contributed by atoms with Crippen molar-refractivity contribution in [1.82, 2.24) is 14.8 Å². The van der Waals surface area contributed by atoms with Gasteiger partial charge in [-0.05, 0) is 53.9 Å². The molecule has 0 saturated heterocycles. The fourth-order valence-corrected chi connectivity index (χ4v) is 4.82. The number of carboxylic acids is 1. The molecule has 10 heteroatoms. The highest BCUT2D eigenvalue weighted by Crippen LogP contribution is 2.38. The van der Waals surface area contributed by atoms with E-state index < -0.39 is 5.97 Å². The Morgan fingerprint density at radius 2 is 1.90 bits per heavy atom. The molecule has 0 unspecified atom stereocenters. The van der Waals surface area contributed by atoms with Crippen LogP contribution in [-0.2, 0) is 13.6 Å². The Morgan fingerprint density at radius 3 is 2.61 bits per heavy atom. The number of pyridine rings is 1. The number of anilines is 1. The van der Waals surface area contributed by atoms with E-state index in [4.69, 9.17) is 34.8 Å².